The van der Waals surface area contributed by atoms with E-state index in [9.17, 15) is 19.4 Å². The maximum absolute atomic E-state index is 12.9. The van der Waals surface area contributed by atoms with Gasteiger partial charge in [-0.05, 0) is 46.5 Å². The first-order chi connectivity index (χ1) is 10.0. The van der Waals surface area contributed by atoms with Crippen LogP contribution in [0, 0.1) is 0 Å². The molecule has 2 aliphatic carbocycles. The molecule has 0 amide bonds. The molecule has 2 aliphatic rings. The molecule has 0 saturated heterocycles. The van der Waals surface area contributed by atoms with Crippen LogP contribution in [0.5, 0.6) is 0 Å². The zero-order valence-corrected chi connectivity index (χ0v) is 12.0. The Morgan fingerprint density at radius 1 is 0.500 bits per heavy atom. The largest absolute Gasteiger partial charge is 0.310 e. The normalized spacial score (nSPS) is 15.3. The van der Waals surface area contributed by atoms with Crippen LogP contribution in [0.3, 0.4) is 0 Å². The fourth-order valence-corrected chi connectivity index (χ4v) is 2.98. The number of benzene rings is 1. The molecule has 1 aromatic carbocycles. The number of halogens is 5. The van der Waals surface area contributed by atoms with Gasteiger partial charge in [0, 0.05) is 0 Å². The standard InChI is InChI=1S/C16H11F5S/c17-22(18,19,20,21)16-8-4-7-14(11-16)15-9-12-5-2-1-3-6-13(12)10-15/h1-11H. The van der Waals surface area contributed by atoms with E-state index in [-0.39, 0.29) is 5.56 Å². The quantitative estimate of drug-likeness (QED) is 0.439. The van der Waals surface area contributed by atoms with Crippen molar-refractivity contribution in [2.24, 2.45) is 0 Å². The Morgan fingerprint density at radius 3 is 1.55 bits per heavy atom. The van der Waals surface area contributed by atoms with Crippen molar-refractivity contribution in [3.05, 3.63) is 66.7 Å². The van der Waals surface area contributed by atoms with Crippen molar-refractivity contribution in [2.75, 3.05) is 0 Å². The first-order valence-electron chi connectivity index (χ1n) is 6.36. The maximum atomic E-state index is 12.9. The van der Waals surface area contributed by atoms with Crippen LogP contribution in [0.1, 0.15) is 0 Å². The average molecular weight is 330 g/mol. The van der Waals surface area contributed by atoms with E-state index in [1.54, 1.807) is 24.3 Å². The lowest BCUT2D eigenvalue weighted by Crippen LogP contribution is -2.05. The van der Waals surface area contributed by atoms with E-state index in [4.69, 9.17) is 0 Å². The lowest BCUT2D eigenvalue weighted by molar-refractivity contribution is 0.364. The predicted molar refractivity (Wildman–Crippen MR) is 79.9 cm³/mol. The Bertz CT molecular complexity index is 793. The summed E-state index contributed by atoms with van der Waals surface area (Å²) >= 11 is 0. The molecular weight excluding hydrogens is 319 g/mol. The third-order valence-electron chi connectivity index (χ3n) is 3.34. The van der Waals surface area contributed by atoms with Gasteiger partial charge in [-0.25, -0.2) is 0 Å². The van der Waals surface area contributed by atoms with Crippen LogP contribution < -0.4 is 0 Å². The van der Waals surface area contributed by atoms with Crippen molar-refractivity contribution >= 4 is 10.2 Å². The molecule has 1 aromatic rings. The number of hydrogen-bond acceptors (Lipinski definition) is 0. The van der Waals surface area contributed by atoms with Gasteiger partial charge in [0.2, 0.25) is 0 Å². The van der Waals surface area contributed by atoms with Crippen LogP contribution in [0.25, 0.3) is 22.3 Å². The molecule has 0 unspecified atom stereocenters. The van der Waals surface area contributed by atoms with Crippen molar-refractivity contribution in [2.45, 2.75) is 4.90 Å². The van der Waals surface area contributed by atoms with Gasteiger partial charge in [0.05, 0.1) is 0 Å². The van der Waals surface area contributed by atoms with Gasteiger partial charge in [-0.15, -0.1) is 0 Å². The molecule has 3 rings (SSSR count). The summed E-state index contributed by atoms with van der Waals surface area (Å²) in [7, 11) is -9.66. The highest BCUT2D eigenvalue weighted by atomic mass is 32.5. The Morgan fingerprint density at radius 2 is 1.00 bits per heavy atom. The third kappa shape index (κ3) is 2.92. The van der Waals surface area contributed by atoms with Crippen LogP contribution in [0.2, 0.25) is 0 Å². The van der Waals surface area contributed by atoms with Crippen LogP contribution in [-0.2, 0) is 0 Å². The maximum Gasteiger partial charge on any atom is 0.310 e. The van der Waals surface area contributed by atoms with Gasteiger partial charge in [0.15, 0.2) is 0 Å². The molecule has 6 heteroatoms. The first-order valence-corrected chi connectivity index (χ1v) is 8.31. The topological polar surface area (TPSA) is 0 Å². The molecule has 0 N–H and O–H groups in total. The van der Waals surface area contributed by atoms with Gasteiger partial charge >= 0.3 is 10.2 Å². The smallest absolute Gasteiger partial charge is 0.0936 e. The number of rotatable bonds is 2. The molecule has 0 fully saturated rings. The second-order valence-corrected chi connectivity index (χ2v) is 7.47. The summed E-state index contributed by atoms with van der Waals surface area (Å²) in [5, 5.41) is 0. The molecule has 0 bridgehead atoms. The van der Waals surface area contributed by atoms with Gasteiger partial charge < -0.3 is 0 Å². The number of fused-ring (bicyclic) bond motifs is 1. The molecule has 0 nitrogen and oxygen atoms in total. The average Bonchev–Trinajstić information content (AvgIpc) is 2.68. The second kappa shape index (κ2) is 4.01. The summed E-state index contributed by atoms with van der Waals surface area (Å²) in [6.45, 7) is 0. The monoisotopic (exact) mass is 330 g/mol. The third-order valence-corrected chi connectivity index (χ3v) is 4.49. The highest BCUT2D eigenvalue weighted by Crippen LogP contribution is 3.02. The molecule has 0 aliphatic heterocycles. The van der Waals surface area contributed by atoms with Crippen LogP contribution in [0.15, 0.2) is 71.6 Å². The summed E-state index contributed by atoms with van der Waals surface area (Å²) in [4.78, 5) is -1.87. The van der Waals surface area contributed by atoms with E-state index < -0.39 is 15.1 Å². The summed E-state index contributed by atoms with van der Waals surface area (Å²) in [6.07, 6.45) is 0. The lowest BCUT2D eigenvalue weighted by Gasteiger charge is -2.40. The van der Waals surface area contributed by atoms with E-state index >= 15 is 0 Å². The van der Waals surface area contributed by atoms with Crippen LogP contribution >= 0.6 is 10.2 Å². The summed E-state index contributed by atoms with van der Waals surface area (Å²) in [5.41, 5.74) is 2.25. The molecular formula is C16H11F5S. The van der Waals surface area contributed by atoms with Crippen molar-refractivity contribution in [1.82, 2.24) is 0 Å². The molecule has 116 valence electrons. The summed E-state index contributed by atoms with van der Waals surface area (Å²) < 4.78 is 64.5. The van der Waals surface area contributed by atoms with Crippen molar-refractivity contribution in [3.8, 4) is 22.3 Å². The van der Waals surface area contributed by atoms with E-state index in [2.05, 4.69) is 0 Å². The van der Waals surface area contributed by atoms with Gasteiger partial charge in [-0.2, -0.15) is 0 Å². The highest BCUT2D eigenvalue weighted by Gasteiger charge is 2.65. The van der Waals surface area contributed by atoms with Crippen LogP contribution in [0.4, 0.5) is 19.4 Å². The molecule has 0 spiro atoms. The number of hydrogen-bond donors (Lipinski definition) is 0. The fraction of sp³-hybridized carbons (Fsp3) is 0. The SMILES string of the molecule is FS(F)(F)(F)(F)c1cccc(-c2cc3cccccc-3c2)c1. The van der Waals surface area contributed by atoms with Crippen molar-refractivity contribution in [3.63, 3.8) is 0 Å². The minimum Gasteiger partial charge on any atom is -0.0936 e. The Balaban J connectivity index is 2.16. The summed E-state index contributed by atoms with van der Waals surface area (Å²) in [6, 6.07) is 15.7. The van der Waals surface area contributed by atoms with E-state index in [0.717, 1.165) is 17.2 Å². The molecule has 0 atom stereocenters. The Hall–Kier alpha value is -2.08. The molecule has 0 heterocycles. The van der Waals surface area contributed by atoms with Gasteiger partial charge in [0.1, 0.15) is 4.90 Å². The zero-order chi connectivity index (χ0) is 16.1. The van der Waals surface area contributed by atoms with Gasteiger partial charge in [-0.3, -0.25) is 0 Å². The second-order valence-electron chi connectivity index (χ2n) is 5.06. The van der Waals surface area contributed by atoms with Gasteiger partial charge in [-0.1, -0.05) is 61.9 Å². The minimum atomic E-state index is -9.66. The highest BCUT2D eigenvalue weighted by molar-refractivity contribution is 8.45. The van der Waals surface area contributed by atoms with Crippen molar-refractivity contribution < 1.29 is 19.4 Å². The van der Waals surface area contributed by atoms with E-state index in [1.165, 1.54) is 6.07 Å². The predicted octanol–water partition coefficient (Wildman–Crippen LogP) is 7.12. The Kier molecular flexibility index (Phi) is 2.71. The summed E-state index contributed by atoms with van der Waals surface area (Å²) in [5.74, 6) is 0. The molecule has 22 heavy (non-hydrogen) atoms. The molecule has 0 radical (unpaired) electrons. The van der Waals surface area contributed by atoms with Crippen molar-refractivity contribution in [1.29, 1.82) is 0 Å². The lowest BCUT2D eigenvalue weighted by atomic mass is 10.1. The fourth-order valence-electron chi connectivity index (χ4n) is 2.30. The Labute approximate surface area is 124 Å². The minimum absolute atomic E-state index is 0.115. The molecule has 0 aromatic heterocycles. The molecule has 0 saturated carbocycles. The van der Waals surface area contributed by atoms with Gasteiger partial charge in [0.25, 0.3) is 0 Å². The van der Waals surface area contributed by atoms with E-state index in [0.29, 0.717) is 17.7 Å². The van der Waals surface area contributed by atoms with E-state index in [1.807, 2.05) is 18.2 Å². The first kappa shape index (κ1) is 14.8. The van der Waals surface area contributed by atoms with Crippen LogP contribution in [-0.4, -0.2) is 0 Å². The zero-order valence-electron chi connectivity index (χ0n) is 11.1.